The first kappa shape index (κ1) is 20.4. The molecule has 0 aliphatic heterocycles. The average molecular weight is 407 g/mol. The summed E-state index contributed by atoms with van der Waals surface area (Å²) in [7, 11) is 1.63. The Morgan fingerprint density at radius 3 is 2.52 bits per heavy atom. The van der Waals surface area contributed by atoms with Gasteiger partial charge in [0, 0.05) is 17.0 Å². The largest absolute Gasteiger partial charge is 0.497 e. The maximum absolute atomic E-state index is 12.0. The normalized spacial score (nSPS) is 10.7. The molecule has 0 aliphatic rings. The molecule has 0 amide bonds. The van der Waals surface area contributed by atoms with Crippen molar-refractivity contribution in [1.29, 1.82) is 0 Å². The minimum Gasteiger partial charge on any atom is -0.497 e. The summed E-state index contributed by atoms with van der Waals surface area (Å²) in [4.78, 5) is 16.5. The van der Waals surface area contributed by atoms with Crippen molar-refractivity contribution in [3.63, 3.8) is 0 Å². The molecule has 0 unspecified atom stereocenters. The van der Waals surface area contributed by atoms with Gasteiger partial charge in [-0.25, -0.2) is 9.78 Å². The topological polar surface area (TPSA) is 57.7 Å². The fourth-order valence-electron chi connectivity index (χ4n) is 2.43. The first-order chi connectivity index (χ1) is 14.2. The van der Waals surface area contributed by atoms with E-state index in [-0.39, 0.29) is 6.61 Å². The number of esters is 1. The van der Waals surface area contributed by atoms with Crippen molar-refractivity contribution in [1.82, 2.24) is 4.98 Å². The number of aromatic nitrogens is 1. The number of rotatable bonds is 9. The van der Waals surface area contributed by atoms with Gasteiger partial charge in [0.15, 0.2) is 0 Å². The number of benzene rings is 2. The second-order valence-electron chi connectivity index (χ2n) is 5.98. The summed E-state index contributed by atoms with van der Waals surface area (Å²) < 4.78 is 15.9. The molecule has 148 valence electrons. The lowest BCUT2D eigenvalue weighted by Crippen LogP contribution is -2.01. The van der Waals surface area contributed by atoms with E-state index in [2.05, 4.69) is 11.6 Å². The first-order valence-electron chi connectivity index (χ1n) is 8.95. The predicted octanol–water partition coefficient (Wildman–Crippen LogP) is 5.14. The Bertz CT molecular complexity index is 975. The van der Waals surface area contributed by atoms with Gasteiger partial charge in [-0.15, -0.1) is 11.3 Å². The molecule has 0 radical (unpaired) electrons. The number of hydrogen-bond donors (Lipinski definition) is 0. The Balaban J connectivity index is 1.50. The Kier molecular flexibility index (Phi) is 7.19. The van der Waals surface area contributed by atoms with E-state index in [0.29, 0.717) is 12.3 Å². The third-order valence-corrected chi connectivity index (χ3v) is 4.85. The van der Waals surface area contributed by atoms with Crippen LogP contribution in [0.4, 0.5) is 0 Å². The van der Waals surface area contributed by atoms with E-state index in [1.54, 1.807) is 19.3 Å². The van der Waals surface area contributed by atoms with Crippen LogP contribution in [0.1, 0.15) is 11.3 Å². The zero-order chi connectivity index (χ0) is 20.5. The molecule has 0 saturated heterocycles. The molecule has 2 aromatic carbocycles. The van der Waals surface area contributed by atoms with Crippen molar-refractivity contribution in [2.75, 3.05) is 13.7 Å². The zero-order valence-electron chi connectivity index (χ0n) is 16.0. The monoisotopic (exact) mass is 407 g/mol. The second kappa shape index (κ2) is 10.2. The van der Waals surface area contributed by atoms with Crippen LogP contribution in [-0.2, 0) is 16.1 Å². The highest BCUT2D eigenvalue weighted by Gasteiger charge is 2.07. The van der Waals surface area contributed by atoms with Crippen LogP contribution in [0.25, 0.3) is 16.6 Å². The van der Waals surface area contributed by atoms with Gasteiger partial charge < -0.3 is 14.2 Å². The minimum atomic E-state index is -0.420. The zero-order valence-corrected chi connectivity index (χ0v) is 16.9. The molecule has 3 rings (SSSR count). The van der Waals surface area contributed by atoms with Crippen LogP contribution in [0.2, 0.25) is 0 Å². The summed E-state index contributed by atoms with van der Waals surface area (Å²) in [5, 5.41) is 2.76. The number of carbonyl (C=O) groups excluding carboxylic acids is 1. The van der Waals surface area contributed by atoms with Crippen molar-refractivity contribution in [2.24, 2.45) is 0 Å². The van der Waals surface area contributed by atoms with E-state index in [1.165, 1.54) is 17.4 Å². The van der Waals surface area contributed by atoms with Crippen LogP contribution in [0, 0.1) is 0 Å². The molecule has 1 aromatic heterocycles. The van der Waals surface area contributed by atoms with Gasteiger partial charge in [-0.1, -0.05) is 24.8 Å². The van der Waals surface area contributed by atoms with Gasteiger partial charge in [0.2, 0.25) is 0 Å². The van der Waals surface area contributed by atoms with Gasteiger partial charge in [-0.3, -0.25) is 0 Å². The van der Waals surface area contributed by atoms with E-state index >= 15 is 0 Å². The quantitative estimate of drug-likeness (QED) is 0.279. The molecule has 5 nitrogen and oxygen atoms in total. The van der Waals surface area contributed by atoms with E-state index in [9.17, 15) is 4.79 Å². The van der Waals surface area contributed by atoms with Gasteiger partial charge in [0.25, 0.3) is 0 Å². The molecular formula is C23H21NO4S. The van der Waals surface area contributed by atoms with Crippen LogP contribution in [-0.4, -0.2) is 24.7 Å². The lowest BCUT2D eigenvalue weighted by Gasteiger charge is -2.03. The highest BCUT2D eigenvalue weighted by molar-refractivity contribution is 7.13. The third-order valence-electron chi connectivity index (χ3n) is 3.91. The van der Waals surface area contributed by atoms with E-state index in [4.69, 9.17) is 14.2 Å². The summed E-state index contributed by atoms with van der Waals surface area (Å²) in [6.07, 6.45) is 4.78. The molecule has 0 atom stereocenters. The van der Waals surface area contributed by atoms with E-state index in [1.807, 2.05) is 53.9 Å². The molecule has 0 fully saturated rings. The smallest absolute Gasteiger partial charge is 0.331 e. The summed E-state index contributed by atoms with van der Waals surface area (Å²) in [5.74, 6) is 1.13. The van der Waals surface area contributed by atoms with Gasteiger partial charge in [-0.05, 0) is 48.0 Å². The van der Waals surface area contributed by atoms with Gasteiger partial charge in [-0.2, -0.15) is 0 Å². The molecule has 0 bridgehead atoms. The maximum atomic E-state index is 12.0. The lowest BCUT2D eigenvalue weighted by atomic mass is 10.2. The molecule has 0 N–H and O–H groups in total. The Labute approximate surface area is 173 Å². The Morgan fingerprint density at radius 2 is 1.83 bits per heavy atom. The van der Waals surface area contributed by atoms with Crippen molar-refractivity contribution in [2.45, 2.75) is 6.61 Å². The second-order valence-corrected chi connectivity index (χ2v) is 6.84. The van der Waals surface area contributed by atoms with Crippen LogP contribution >= 0.6 is 11.3 Å². The summed E-state index contributed by atoms with van der Waals surface area (Å²) in [5.41, 5.74) is 2.59. The van der Waals surface area contributed by atoms with Crippen molar-refractivity contribution in [3.05, 3.63) is 83.9 Å². The van der Waals surface area contributed by atoms with E-state index < -0.39 is 5.97 Å². The average Bonchev–Trinajstić information content (AvgIpc) is 3.24. The minimum absolute atomic E-state index is 0.129. The summed E-state index contributed by atoms with van der Waals surface area (Å²) in [6, 6.07) is 15.1. The first-order valence-corrected chi connectivity index (χ1v) is 9.83. The third kappa shape index (κ3) is 6.05. The number of hydrogen-bond acceptors (Lipinski definition) is 6. The highest BCUT2D eigenvalue weighted by atomic mass is 32.1. The standard InChI is InChI=1S/C23H21NO4S/c1-3-14-27-21-9-4-17(5-10-21)6-13-22(25)28-15-19-16-29-23(24-19)18-7-11-20(26-2)12-8-18/h3-13,16H,1,14-15H2,2H3/b13-6+. The predicted molar refractivity (Wildman–Crippen MR) is 115 cm³/mol. The van der Waals surface area contributed by atoms with Crippen LogP contribution < -0.4 is 9.47 Å². The molecule has 0 saturated carbocycles. The van der Waals surface area contributed by atoms with Crippen LogP contribution in [0.15, 0.2) is 72.6 Å². The van der Waals surface area contributed by atoms with E-state index in [0.717, 1.165) is 27.6 Å². The number of methoxy groups -OCH3 is 1. The van der Waals surface area contributed by atoms with Gasteiger partial charge in [0.1, 0.15) is 29.7 Å². The van der Waals surface area contributed by atoms with Crippen LogP contribution in [0.5, 0.6) is 11.5 Å². The van der Waals surface area contributed by atoms with Crippen LogP contribution in [0.3, 0.4) is 0 Å². The molecule has 6 heteroatoms. The SMILES string of the molecule is C=CCOc1ccc(/C=C/C(=O)OCc2csc(-c3ccc(OC)cc3)n2)cc1. The number of nitrogens with zero attached hydrogens (tertiary/aromatic N) is 1. The Hall–Kier alpha value is -3.38. The number of thiazole rings is 1. The maximum Gasteiger partial charge on any atom is 0.331 e. The number of ether oxygens (including phenoxy) is 3. The summed E-state index contributed by atoms with van der Waals surface area (Å²) >= 11 is 1.51. The highest BCUT2D eigenvalue weighted by Crippen LogP contribution is 2.26. The van der Waals surface area contributed by atoms with Gasteiger partial charge in [0.05, 0.1) is 12.8 Å². The number of carbonyl (C=O) groups is 1. The van der Waals surface area contributed by atoms with Gasteiger partial charge >= 0.3 is 5.97 Å². The molecule has 0 aliphatic carbocycles. The fourth-order valence-corrected chi connectivity index (χ4v) is 3.24. The Morgan fingerprint density at radius 1 is 1.10 bits per heavy atom. The van der Waals surface area contributed by atoms with Crippen molar-refractivity contribution < 1.29 is 19.0 Å². The molecule has 1 heterocycles. The molecule has 29 heavy (non-hydrogen) atoms. The fraction of sp³-hybridized carbons (Fsp3) is 0.130. The molecular weight excluding hydrogens is 386 g/mol. The molecule has 0 spiro atoms. The lowest BCUT2D eigenvalue weighted by molar-refractivity contribution is -0.139. The van der Waals surface area contributed by atoms with Crippen molar-refractivity contribution in [3.8, 4) is 22.1 Å². The molecule has 3 aromatic rings. The summed E-state index contributed by atoms with van der Waals surface area (Å²) in [6.45, 7) is 4.19. The van der Waals surface area contributed by atoms with Crippen molar-refractivity contribution >= 4 is 23.4 Å².